The van der Waals surface area contributed by atoms with Gasteiger partial charge in [0.05, 0.1) is 47.9 Å². The zero-order valence-corrected chi connectivity index (χ0v) is 21.8. The molecular weight excluding hydrogens is 492 g/mol. The van der Waals surface area contributed by atoms with Gasteiger partial charge in [-0.2, -0.15) is 0 Å². The average Bonchev–Trinajstić information content (AvgIpc) is 2.59. The third-order valence-corrected chi connectivity index (χ3v) is 6.79. The zero-order valence-electron chi connectivity index (χ0n) is 17.0. The largest absolute Gasteiger partial charge is 0.359 e. The van der Waals surface area contributed by atoms with Gasteiger partial charge in [-0.25, -0.2) is 0 Å². The van der Waals surface area contributed by atoms with Crippen LogP contribution in [-0.4, -0.2) is 53.8 Å². The van der Waals surface area contributed by atoms with Crippen molar-refractivity contribution in [3.05, 3.63) is 0 Å². The highest BCUT2D eigenvalue weighted by atomic mass is 35.5. The second-order valence-electron chi connectivity index (χ2n) is 6.42. The Bertz CT molecular complexity index is 415. The van der Waals surface area contributed by atoms with Crippen LogP contribution in [0.3, 0.4) is 0 Å². The summed E-state index contributed by atoms with van der Waals surface area (Å²) in [5.74, 6) is -0.897. The van der Waals surface area contributed by atoms with Crippen molar-refractivity contribution >= 4 is 62.6 Å². The maximum Gasteiger partial charge on any atom is 0.359 e. The van der Waals surface area contributed by atoms with Gasteiger partial charge in [-0.1, -0.05) is 13.3 Å². The summed E-state index contributed by atoms with van der Waals surface area (Å²) in [4.78, 5) is 0. The zero-order chi connectivity index (χ0) is 21.7. The van der Waals surface area contributed by atoms with Crippen molar-refractivity contribution < 1.29 is 27.2 Å². The molecule has 5 unspecified atom stereocenters. The van der Waals surface area contributed by atoms with E-state index in [1.54, 1.807) is 27.7 Å². The minimum absolute atomic E-state index is 0.0378. The molecule has 0 saturated carbocycles. The summed E-state index contributed by atoms with van der Waals surface area (Å²) in [5.41, 5.74) is 0. The highest BCUT2D eigenvalue weighted by molar-refractivity contribution is 7.55. The maximum atomic E-state index is 13.5. The monoisotopic (exact) mass is 522 g/mol. The quantitative estimate of drug-likeness (QED) is 0.149. The second kappa shape index (κ2) is 16.3. The molecule has 0 aromatic heterocycles. The van der Waals surface area contributed by atoms with Crippen molar-refractivity contribution in [3.63, 3.8) is 0 Å². The first-order valence-electron chi connectivity index (χ1n) is 9.17. The van der Waals surface area contributed by atoms with Gasteiger partial charge in [0.15, 0.2) is 5.85 Å². The van der Waals surface area contributed by atoms with Crippen LogP contribution < -0.4 is 0 Å². The molecule has 0 spiro atoms. The fourth-order valence-electron chi connectivity index (χ4n) is 1.66. The summed E-state index contributed by atoms with van der Waals surface area (Å²) in [5, 5.41) is -1.20. The van der Waals surface area contributed by atoms with Crippen molar-refractivity contribution in [1.82, 2.24) is 0 Å². The van der Waals surface area contributed by atoms with Gasteiger partial charge in [-0.05, 0) is 34.1 Å². The number of rotatable bonds is 17. The molecule has 0 aliphatic rings. The van der Waals surface area contributed by atoms with Gasteiger partial charge >= 0.3 is 16.2 Å². The predicted octanol–water partition coefficient (Wildman–Crippen LogP) is 7.12. The Balaban J connectivity index is 5.38. The van der Waals surface area contributed by atoms with Crippen molar-refractivity contribution in [3.8, 4) is 0 Å². The Morgan fingerprint density at radius 3 is 1.50 bits per heavy atom. The van der Waals surface area contributed by atoms with E-state index in [4.69, 9.17) is 69.0 Å². The molecule has 0 heterocycles. The van der Waals surface area contributed by atoms with Crippen molar-refractivity contribution in [1.29, 1.82) is 0 Å². The van der Waals surface area contributed by atoms with E-state index in [1.165, 1.54) is 0 Å². The van der Waals surface area contributed by atoms with Gasteiger partial charge in [0.2, 0.25) is 0 Å². The van der Waals surface area contributed by atoms with Gasteiger partial charge in [0.25, 0.3) is 0 Å². The van der Waals surface area contributed by atoms with Gasteiger partial charge in [0, 0.05) is 0 Å². The predicted molar refractivity (Wildman–Crippen MR) is 119 cm³/mol. The van der Waals surface area contributed by atoms with Crippen LogP contribution in [0.15, 0.2) is 0 Å². The molecule has 5 atom stereocenters. The molecule has 0 rings (SSSR count). The van der Waals surface area contributed by atoms with Crippen LogP contribution in [0.4, 0.5) is 0 Å². The maximum absolute atomic E-state index is 13.5. The summed E-state index contributed by atoms with van der Waals surface area (Å²) in [6.07, 6.45) is 1.08. The summed E-state index contributed by atoms with van der Waals surface area (Å²) < 4.78 is 41.8. The Morgan fingerprint density at radius 1 is 0.786 bits per heavy atom. The lowest BCUT2D eigenvalue weighted by atomic mass is 10.4. The van der Waals surface area contributed by atoms with Crippen LogP contribution in [0.1, 0.15) is 47.5 Å². The van der Waals surface area contributed by atoms with Crippen LogP contribution in [0, 0.1) is 0 Å². The van der Waals surface area contributed by atoms with Gasteiger partial charge in [-0.3, -0.25) is 9.09 Å². The first-order chi connectivity index (χ1) is 13.0. The van der Waals surface area contributed by atoms with E-state index < -0.39 is 22.0 Å². The molecule has 0 aliphatic carbocycles. The van der Waals surface area contributed by atoms with Crippen LogP contribution in [0.2, 0.25) is 0 Å². The van der Waals surface area contributed by atoms with Crippen LogP contribution in [0.5, 0.6) is 0 Å². The van der Waals surface area contributed by atoms with E-state index in [9.17, 15) is 4.57 Å². The highest BCUT2D eigenvalue weighted by Gasteiger charge is 2.40. The lowest BCUT2D eigenvalue weighted by Crippen LogP contribution is -2.20. The molecule has 0 bridgehead atoms. The van der Waals surface area contributed by atoms with Gasteiger partial charge in [0.1, 0.15) is 0 Å². The van der Waals surface area contributed by atoms with E-state index >= 15 is 0 Å². The molecule has 28 heavy (non-hydrogen) atoms. The molecule has 0 N–H and O–H groups in total. The van der Waals surface area contributed by atoms with E-state index in [-0.39, 0.29) is 47.9 Å². The molecule has 0 fully saturated rings. The molecule has 0 aliphatic heterocycles. The van der Waals surface area contributed by atoms with Crippen LogP contribution in [-0.2, 0) is 27.2 Å². The molecule has 0 saturated heterocycles. The topological polar surface area (TPSA) is 63.2 Å². The molecule has 0 radical (unpaired) electrons. The van der Waals surface area contributed by atoms with Crippen molar-refractivity contribution in [2.24, 2.45) is 0 Å². The Hall–Kier alpha value is 1.62. The normalized spacial score (nSPS) is 20.8. The molecule has 0 amide bonds. The first kappa shape index (κ1) is 29.6. The minimum Gasteiger partial charge on any atom is -0.311 e. The second-order valence-corrected chi connectivity index (χ2v) is 12.7. The molecule has 0 aromatic carbocycles. The number of hydrogen-bond donors (Lipinski definition) is 0. The van der Waals surface area contributed by atoms with E-state index in [2.05, 4.69) is 0 Å². The van der Waals surface area contributed by atoms with Crippen LogP contribution >= 0.6 is 62.6 Å². The van der Waals surface area contributed by atoms with Gasteiger partial charge < -0.3 is 18.1 Å². The smallest absolute Gasteiger partial charge is 0.311 e. The number of alkyl halides is 4. The summed E-state index contributed by atoms with van der Waals surface area (Å²) in [7, 11) is -5.56. The molecule has 170 valence electrons. The Labute approximate surface area is 190 Å². The fraction of sp³-hybridized carbons (Fsp3) is 1.00. The standard InChI is InChI=1S/C16H32Cl4O6P2/c1-6-7-16(26-27(22-8-12(2)17)23-9-13(3)18)28(21,24-10-14(4)19)25-11-15(5)20/h12-16H,6-11H2,1-5H3. The lowest BCUT2D eigenvalue weighted by Gasteiger charge is -2.30. The Morgan fingerprint density at radius 2 is 1.18 bits per heavy atom. The van der Waals surface area contributed by atoms with Gasteiger partial charge in [-0.15, -0.1) is 46.4 Å². The summed E-state index contributed by atoms with van der Waals surface area (Å²) >= 11 is 23.8. The van der Waals surface area contributed by atoms with Crippen molar-refractivity contribution in [2.45, 2.75) is 74.8 Å². The van der Waals surface area contributed by atoms with E-state index in [0.717, 1.165) is 0 Å². The molecule has 6 nitrogen and oxygen atoms in total. The summed E-state index contributed by atoms with van der Waals surface area (Å²) in [6, 6.07) is 0. The third-order valence-electron chi connectivity index (χ3n) is 2.88. The van der Waals surface area contributed by atoms with Crippen LogP contribution in [0.25, 0.3) is 0 Å². The number of halogens is 4. The van der Waals surface area contributed by atoms with Crippen molar-refractivity contribution in [2.75, 3.05) is 26.4 Å². The molecule has 0 aromatic rings. The highest BCUT2D eigenvalue weighted by Crippen LogP contribution is 2.60. The van der Waals surface area contributed by atoms with E-state index in [0.29, 0.717) is 12.8 Å². The average molecular weight is 524 g/mol. The summed E-state index contributed by atoms with van der Waals surface area (Å²) in [6.45, 7) is 9.43. The molecule has 12 heteroatoms. The lowest BCUT2D eigenvalue weighted by molar-refractivity contribution is 0.111. The molecular formula is C16H32Cl4O6P2. The first-order valence-corrected chi connectivity index (χ1v) is 13.6. The minimum atomic E-state index is -3.70. The Kier molecular flexibility index (Phi) is 17.2. The fourth-order valence-corrected chi connectivity index (χ4v) is 5.99. The third kappa shape index (κ3) is 14.6. The SMILES string of the molecule is CCCC(OP(OCC(C)Cl)OCC(C)Cl)P(=O)(OCC(C)Cl)OCC(C)Cl. The van der Waals surface area contributed by atoms with E-state index in [1.807, 2.05) is 6.92 Å². The number of hydrogen-bond acceptors (Lipinski definition) is 6.